The van der Waals surface area contributed by atoms with Crippen LogP contribution in [-0.4, -0.2) is 21.4 Å². The Labute approximate surface area is 136 Å². The van der Waals surface area contributed by atoms with Crippen molar-refractivity contribution in [2.75, 3.05) is 11.1 Å². The van der Waals surface area contributed by atoms with Crippen LogP contribution in [0.5, 0.6) is 0 Å². The molecule has 22 heavy (non-hydrogen) atoms. The fraction of sp³-hybridized carbons (Fsp3) is 0.412. The van der Waals surface area contributed by atoms with Gasteiger partial charge in [0.05, 0.1) is 11.9 Å². The van der Waals surface area contributed by atoms with Crippen LogP contribution < -0.4 is 5.32 Å². The molecule has 0 spiro atoms. The molecule has 0 radical (unpaired) electrons. The number of anilines is 1. The van der Waals surface area contributed by atoms with E-state index in [1.807, 2.05) is 10.7 Å². The van der Waals surface area contributed by atoms with Crippen LogP contribution >= 0.6 is 11.8 Å². The second-order valence-electron chi connectivity index (χ2n) is 5.82. The largest absolute Gasteiger partial charge is 0.310 e. The minimum Gasteiger partial charge on any atom is -0.310 e. The molecule has 4 nitrogen and oxygen atoms in total. The number of carbonyl (C=O) groups excluding carboxylic acids is 1. The van der Waals surface area contributed by atoms with Gasteiger partial charge >= 0.3 is 0 Å². The average Bonchev–Trinajstić information content (AvgIpc) is 2.85. The highest BCUT2D eigenvalue weighted by atomic mass is 32.2. The zero-order valence-electron chi connectivity index (χ0n) is 13.4. The summed E-state index contributed by atoms with van der Waals surface area (Å²) in [6.45, 7) is 7.14. The van der Waals surface area contributed by atoms with E-state index in [1.54, 1.807) is 18.0 Å². The highest BCUT2D eigenvalue weighted by molar-refractivity contribution is 7.99. The third-order valence-electron chi connectivity index (χ3n) is 3.11. The van der Waals surface area contributed by atoms with Gasteiger partial charge in [-0.2, -0.15) is 5.10 Å². The fourth-order valence-electron chi connectivity index (χ4n) is 2.17. The molecule has 0 aliphatic carbocycles. The number of nitrogens with one attached hydrogen (secondary N) is 1. The Bertz CT molecular complexity index is 622. The smallest absolute Gasteiger partial charge is 0.235 e. The van der Waals surface area contributed by atoms with Gasteiger partial charge in [0.1, 0.15) is 5.82 Å². The van der Waals surface area contributed by atoms with Gasteiger partial charge in [0.15, 0.2) is 0 Å². The van der Waals surface area contributed by atoms with Crippen LogP contribution in [0.15, 0.2) is 36.5 Å². The maximum Gasteiger partial charge on any atom is 0.235 e. The van der Waals surface area contributed by atoms with Gasteiger partial charge in [0.2, 0.25) is 5.91 Å². The number of aryl methyl sites for hydroxylation is 1. The lowest BCUT2D eigenvalue weighted by Gasteiger charge is -2.10. The molecule has 0 atom stereocenters. The predicted octanol–water partition coefficient (Wildman–Crippen LogP) is 3.72. The lowest BCUT2D eigenvalue weighted by Crippen LogP contribution is -2.18. The summed E-state index contributed by atoms with van der Waals surface area (Å²) >= 11 is 1.62. The number of thioether (sulfide) groups is 1. The molecule has 0 unspecified atom stereocenters. The van der Waals surface area contributed by atoms with E-state index < -0.39 is 0 Å². The van der Waals surface area contributed by atoms with Crippen molar-refractivity contribution >= 4 is 23.5 Å². The van der Waals surface area contributed by atoms with Gasteiger partial charge < -0.3 is 5.32 Å². The summed E-state index contributed by atoms with van der Waals surface area (Å²) in [5.74, 6) is 2.57. The highest BCUT2D eigenvalue weighted by Crippen LogP contribution is 2.15. The van der Waals surface area contributed by atoms with Crippen molar-refractivity contribution in [3.63, 3.8) is 0 Å². The van der Waals surface area contributed by atoms with Gasteiger partial charge in [-0.15, -0.1) is 11.8 Å². The molecule has 2 rings (SSSR count). The number of benzene rings is 1. The number of rotatable bonds is 7. The number of carbonyl (C=O) groups is 1. The Balaban J connectivity index is 1.80. The van der Waals surface area contributed by atoms with Gasteiger partial charge in [0, 0.05) is 18.4 Å². The number of amides is 1. The van der Waals surface area contributed by atoms with Crippen LogP contribution in [0.4, 0.5) is 5.82 Å². The highest BCUT2D eigenvalue weighted by Gasteiger charge is 2.08. The van der Waals surface area contributed by atoms with E-state index in [-0.39, 0.29) is 5.91 Å². The van der Waals surface area contributed by atoms with E-state index in [1.165, 1.54) is 11.1 Å². The lowest BCUT2D eigenvalue weighted by atomic mass is 10.2. The molecule has 0 aliphatic rings. The lowest BCUT2D eigenvalue weighted by molar-refractivity contribution is -0.113. The first-order chi connectivity index (χ1) is 10.5. The first kappa shape index (κ1) is 16.6. The van der Waals surface area contributed by atoms with Crippen molar-refractivity contribution in [3.8, 4) is 0 Å². The molecule has 0 fully saturated rings. The van der Waals surface area contributed by atoms with E-state index in [9.17, 15) is 4.79 Å². The van der Waals surface area contributed by atoms with E-state index in [4.69, 9.17) is 0 Å². The summed E-state index contributed by atoms with van der Waals surface area (Å²) in [7, 11) is 0. The standard InChI is InChI=1S/C17H23N3OS/c1-13(2)10-20-16(7-8-18-20)19-17(21)12-22-11-15-6-4-5-14(3)9-15/h4-9,13H,10-12H2,1-3H3,(H,19,21). The minimum absolute atomic E-state index is 0.0168. The van der Waals surface area contributed by atoms with Gasteiger partial charge in [0.25, 0.3) is 0 Å². The molecule has 0 bridgehead atoms. The summed E-state index contributed by atoms with van der Waals surface area (Å²) in [6, 6.07) is 10.2. The maximum absolute atomic E-state index is 12.0. The van der Waals surface area contributed by atoms with Crippen molar-refractivity contribution in [2.45, 2.75) is 33.1 Å². The Morgan fingerprint density at radius 2 is 2.18 bits per heavy atom. The van der Waals surface area contributed by atoms with Gasteiger partial charge in [-0.25, -0.2) is 4.68 Å². The van der Waals surface area contributed by atoms with E-state index in [2.05, 4.69) is 55.5 Å². The van der Waals surface area contributed by atoms with Crippen molar-refractivity contribution in [3.05, 3.63) is 47.7 Å². The Kier molecular flexibility index (Phi) is 6.07. The molecule has 1 aromatic heterocycles. The second kappa shape index (κ2) is 8.03. The molecule has 118 valence electrons. The number of aromatic nitrogens is 2. The van der Waals surface area contributed by atoms with Crippen LogP contribution in [0.2, 0.25) is 0 Å². The van der Waals surface area contributed by atoms with Crippen LogP contribution in [0.1, 0.15) is 25.0 Å². The quantitative estimate of drug-likeness (QED) is 0.846. The molecular formula is C17H23N3OS. The van der Waals surface area contributed by atoms with Crippen molar-refractivity contribution in [1.82, 2.24) is 9.78 Å². The zero-order valence-corrected chi connectivity index (χ0v) is 14.2. The molecule has 5 heteroatoms. The summed E-state index contributed by atoms with van der Waals surface area (Å²) in [5.41, 5.74) is 2.50. The van der Waals surface area contributed by atoms with Crippen molar-refractivity contribution in [2.24, 2.45) is 5.92 Å². The molecule has 1 N–H and O–H groups in total. The first-order valence-electron chi connectivity index (χ1n) is 7.49. The molecule has 0 saturated carbocycles. The molecule has 2 aromatic rings. The predicted molar refractivity (Wildman–Crippen MR) is 93.0 cm³/mol. The SMILES string of the molecule is Cc1cccc(CSCC(=O)Nc2ccnn2CC(C)C)c1. The van der Waals surface area contributed by atoms with Crippen LogP contribution in [0.25, 0.3) is 0 Å². The van der Waals surface area contributed by atoms with Gasteiger partial charge in [-0.3, -0.25) is 4.79 Å². The minimum atomic E-state index is 0.0168. The van der Waals surface area contributed by atoms with Gasteiger partial charge in [-0.05, 0) is 18.4 Å². The van der Waals surface area contributed by atoms with E-state index >= 15 is 0 Å². The van der Waals surface area contributed by atoms with E-state index in [0.29, 0.717) is 11.7 Å². The normalized spacial score (nSPS) is 10.9. The van der Waals surface area contributed by atoms with Gasteiger partial charge in [-0.1, -0.05) is 43.7 Å². The molecule has 1 heterocycles. The Morgan fingerprint density at radius 3 is 2.91 bits per heavy atom. The third kappa shape index (κ3) is 5.22. The Morgan fingerprint density at radius 1 is 1.36 bits per heavy atom. The maximum atomic E-state index is 12.0. The zero-order chi connectivity index (χ0) is 15.9. The number of hydrogen-bond acceptors (Lipinski definition) is 3. The van der Waals surface area contributed by atoms with Crippen LogP contribution in [0.3, 0.4) is 0 Å². The van der Waals surface area contributed by atoms with E-state index in [0.717, 1.165) is 18.1 Å². The average molecular weight is 317 g/mol. The third-order valence-corrected chi connectivity index (χ3v) is 4.11. The second-order valence-corrected chi connectivity index (χ2v) is 6.81. The summed E-state index contributed by atoms with van der Waals surface area (Å²) < 4.78 is 1.84. The monoisotopic (exact) mass is 317 g/mol. The molecule has 1 aromatic carbocycles. The van der Waals surface area contributed by atoms with Crippen LogP contribution in [-0.2, 0) is 17.1 Å². The fourth-order valence-corrected chi connectivity index (χ4v) is 2.95. The molecule has 0 saturated heterocycles. The van der Waals surface area contributed by atoms with Crippen LogP contribution in [0, 0.1) is 12.8 Å². The first-order valence-corrected chi connectivity index (χ1v) is 8.65. The summed E-state index contributed by atoms with van der Waals surface area (Å²) in [6.07, 6.45) is 1.72. The topological polar surface area (TPSA) is 46.9 Å². The van der Waals surface area contributed by atoms with Crippen molar-refractivity contribution < 1.29 is 4.79 Å². The molecular weight excluding hydrogens is 294 g/mol. The molecule has 0 aliphatic heterocycles. The van der Waals surface area contributed by atoms with Crippen molar-refractivity contribution in [1.29, 1.82) is 0 Å². The number of nitrogens with zero attached hydrogens (tertiary/aromatic N) is 2. The number of hydrogen-bond donors (Lipinski definition) is 1. The summed E-state index contributed by atoms with van der Waals surface area (Å²) in [5, 5.41) is 7.18. The summed E-state index contributed by atoms with van der Waals surface area (Å²) in [4.78, 5) is 12.0. The Hall–Kier alpha value is -1.75. The molecule has 1 amide bonds.